The number of sulfonamides is 1. The number of hydrogen-bond donors (Lipinski definition) is 1. The second-order valence-corrected chi connectivity index (χ2v) is 5.99. The van der Waals surface area contributed by atoms with Crippen LogP contribution in [-0.4, -0.2) is 29.7 Å². The van der Waals surface area contributed by atoms with Crippen molar-refractivity contribution in [3.05, 3.63) is 48.4 Å². The molecule has 1 unspecified atom stereocenters. The summed E-state index contributed by atoms with van der Waals surface area (Å²) in [4.78, 5) is 6.37. The van der Waals surface area contributed by atoms with Gasteiger partial charge in [-0.25, -0.2) is 13.4 Å². The van der Waals surface area contributed by atoms with Crippen molar-refractivity contribution in [1.82, 2.24) is 14.3 Å². The minimum atomic E-state index is -3.53. The highest BCUT2D eigenvalue weighted by atomic mass is 32.2. The second-order valence-electron chi connectivity index (χ2n) is 4.02. The summed E-state index contributed by atoms with van der Waals surface area (Å²) in [6.45, 7) is 1.85. The van der Waals surface area contributed by atoms with Gasteiger partial charge in [-0.05, 0) is 12.5 Å². The van der Waals surface area contributed by atoms with Crippen molar-refractivity contribution in [3.63, 3.8) is 0 Å². The summed E-state index contributed by atoms with van der Waals surface area (Å²) in [5, 5.41) is 0.104. The molecule has 0 aliphatic rings. The molecule has 1 aromatic heterocycles. The van der Waals surface area contributed by atoms with E-state index in [4.69, 9.17) is 0 Å². The van der Waals surface area contributed by atoms with Crippen molar-refractivity contribution >= 4 is 10.0 Å². The van der Waals surface area contributed by atoms with E-state index in [0.29, 0.717) is 0 Å². The first-order valence-electron chi connectivity index (χ1n) is 5.55. The van der Waals surface area contributed by atoms with Crippen molar-refractivity contribution < 1.29 is 8.42 Å². The van der Waals surface area contributed by atoms with Gasteiger partial charge in [0.05, 0.1) is 12.5 Å². The average Bonchev–Trinajstić information content (AvgIpc) is 2.92. The van der Waals surface area contributed by atoms with Crippen LogP contribution in [0.25, 0.3) is 0 Å². The lowest BCUT2D eigenvalue weighted by atomic mass is 10.1. The zero-order valence-electron chi connectivity index (χ0n) is 10.2. The van der Waals surface area contributed by atoms with Crippen LogP contribution in [0.2, 0.25) is 0 Å². The molecular formula is C12H15N3O2S. The molecule has 1 atom stereocenters. The Morgan fingerprint density at radius 1 is 1.28 bits per heavy atom. The molecule has 96 valence electrons. The first-order chi connectivity index (χ1) is 8.53. The number of H-pyrrole nitrogens is 1. The summed E-state index contributed by atoms with van der Waals surface area (Å²) < 4.78 is 25.9. The molecule has 0 radical (unpaired) electrons. The molecular weight excluding hydrogens is 250 g/mol. The van der Waals surface area contributed by atoms with Crippen LogP contribution in [0.1, 0.15) is 18.5 Å². The highest BCUT2D eigenvalue weighted by molar-refractivity contribution is 7.89. The van der Waals surface area contributed by atoms with Gasteiger partial charge >= 0.3 is 0 Å². The molecule has 5 nitrogen and oxygen atoms in total. The smallest absolute Gasteiger partial charge is 0.260 e. The molecule has 0 bridgehead atoms. The lowest BCUT2D eigenvalue weighted by Gasteiger charge is -2.23. The maximum Gasteiger partial charge on any atom is 0.260 e. The Kier molecular flexibility index (Phi) is 3.49. The Labute approximate surface area is 107 Å². The van der Waals surface area contributed by atoms with Crippen molar-refractivity contribution in [2.45, 2.75) is 18.0 Å². The van der Waals surface area contributed by atoms with Crippen molar-refractivity contribution in [2.75, 3.05) is 7.05 Å². The molecule has 0 saturated heterocycles. The minimum absolute atomic E-state index is 0.104. The standard InChI is InChI=1S/C12H15N3O2S/c1-10(11-6-4-3-5-7-11)15(2)18(16,17)12-8-13-9-14-12/h3-10H,1-2H3,(H,13,14). The maximum atomic E-state index is 12.3. The topological polar surface area (TPSA) is 66.1 Å². The molecule has 1 N–H and O–H groups in total. The molecule has 2 aromatic rings. The summed E-state index contributed by atoms with van der Waals surface area (Å²) in [7, 11) is -1.96. The summed E-state index contributed by atoms with van der Waals surface area (Å²) in [5.41, 5.74) is 0.947. The van der Waals surface area contributed by atoms with Crippen molar-refractivity contribution in [1.29, 1.82) is 0 Å². The lowest BCUT2D eigenvalue weighted by molar-refractivity contribution is 0.397. The minimum Gasteiger partial charge on any atom is -0.335 e. The Morgan fingerprint density at radius 3 is 2.50 bits per heavy atom. The molecule has 0 amide bonds. The van der Waals surface area contributed by atoms with Gasteiger partial charge in [0.1, 0.15) is 0 Å². The molecule has 18 heavy (non-hydrogen) atoms. The number of nitrogens with one attached hydrogen (secondary N) is 1. The molecule has 1 heterocycles. The van der Waals surface area contributed by atoms with E-state index in [9.17, 15) is 8.42 Å². The van der Waals surface area contributed by atoms with Crippen LogP contribution >= 0.6 is 0 Å². The van der Waals surface area contributed by atoms with Crippen molar-refractivity contribution in [2.24, 2.45) is 0 Å². The van der Waals surface area contributed by atoms with Gasteiger partial charge in [-0.2, -0.15) is 4.31 Å². The predicted molar refractivity (Wildman–Crippen MR) is 68.4 cm³/mol. The average molecular weight is 265 g/mol. The third-order valence-corrected chi connectivity index (χ3v) is 4.81. The molecule has 0 aliphatic heterocycles. The van der Waals surface area contributed by atoms with Crippen LogP contribution in [0.15, 0.2) is 47.9 Å². The number of imidazole rings is 1. The van der Waals surface area contributed by atoms with E-state index in [1.165, 1.54) is 16.8 Å². The number of aromatic nitrogens is 2. The van der Waals surface area contributed by atoms with Crippen LogP contribution < -0.4 is 0 Å². The number of hydrogen-bond acceptors (Lipinski definition) is 3. The SMILES string of the molecule is CC(c1ccccc1)N(C)S(=O)(=O)c1cnc[nH]1. The first-order valence-corrected chi connectivity index (χ1v) is 6.99. The van der Waals surface area contributed by atoms with Gasteiger partial charge in [0, 0.05) is 13.1 Å². The molecule has 0 spiro atoms. The van der Waals surface area contributed by atoms with Gasteiger partial charge in [0.15, 0.2) is 5.03 Å². The number of rotatable bonds is 4. The van der Waals surface area contributed by atoms with Gasteiger partial charge in [-0.1, -0.05) is 30.3 Å². The van der Waals surface area contributed by atoms with E-state index >= 15 is 0 Å². The van der Waals surface area contributed by atoms with E-state index < -0.39 is 10.0 Å². The number of aromatic amines is 1. The fraction of sp³-hybridized carbons (Fsp3) is 0.250. The first kappa shape index (κ1) is 12.8. The Bertz CT molecular complexity index is 594. The fourth-order valence-corrected chi connectivity index (χ4v) is 2.93. The third kappa shape index (κ3) is 2.30. The van der Waals surface area contributed by atoms with Gasteiger partial charge in [0.2, 0.25) is 0 Å². The van der Waals surface area contributed by atoms with E-state index in [1.807, 2.05) is 37.3 Å². The molecule has 6 heteroatoms. The van der Waals surface area contributed by atoms with Crippen LogP contribution in [0.3, 0.4) is 0 Å². The molecule has 0 fully saturated rings. The van der Waals surface area contributed by atoms with Gasteiger partial charge in [-0.15, -0.1) is 0 Å². The van der Waals surface area contributed by atoms with E-state index in [2.05, 4.69) is 9.97 Å². The Hall–Kier alpha value is -1.66. The van der Waals surface area contributed by atoms with Gasteiger partial charge in [-0.3, -0.25) is 0 Å². The van der Waals surface area contributed by atoms with Gasteiger partial charge < -0.3 is 4.98 Å². The van der Waals surface area contributed by atoms with E-state index in [0.717, 1.165) is 5.56 Å². The summed E-state index contributed by atoms with van der Waals surface area (Å²) in [5.74, 6) is 0. The number of benzene rings is 1. The quantitative estimate of drug-likeness (QED) is 0.916. The Balaban J connectivity index is 2.30. The van der Waals surface area contributed by atoms with Crippen LogP contribution in [0, 0.1) is 0 Å². The number of nitrogens with zero attached hydrogens (tertiary/aromatic N) is 2. The summed E-state index contributed by atoms with van der Waals surface area (Å²) in [6, 6.07) is 9.26. The fourth-order valence-electron chi connectivity index (χ4n) is 1.69. The zero-order chi connectivity index (χ0) is 13.2. The molecule has 2 rings (SSSR count). The molecule has 1 aromatic carbocycles. The predicted octanol–water partition coefficient (Wildman–Crippen LogP) is 1.79. The normalized spacial score (nSPS) is 13.7. The summed E-state index contributed by atoms with van der Waals surface area (Å²) >= 11 is 0. The monoisotopic (exact) mass is 265 g/mol. The zero-order valence-corrected chi connectivity index (χ0v) is 11.1. The van der Waals surface area contributed by atoms with Crippen LogP contribution in [0.5, 0.6) is 0 Å². The van der Waals surface area contributed by atoms with Crippen LogP contribution in [-0.2, 0) is 10.0 Å². The second kappa shape index (κ2) is 4.91. The lowest BCUT2D eigenvalue weighted by Crippen LogP contribution is -2.30. The highest BCUT2D eigenvalue weighted by Crippen LogP contribution is 2.24. The molecule has 0 saturated carbocycles. The van der Waals surface area contributed by atoms with E-state index in [-0.39, 0.29) is 11.1 Å². The third-order valence-electron chi connectivity index (χ3n) is 2.96. The largest absolute Gasteiger partial charge is 0.335 e. The Morgan fingerprint density at radius 2 is 1.94 bits per heavy atom. The molecule has 0 aliphatic carbocycles. The van der Waals surface area contributed by atoms with Crippen molar-refractivity contribution in [3.8, 4) is 0 Å². The summed E-state index contributed by atoms with van der Waals surface area (Å²) in [6.07, 6.45) is 2.66. The van der Waals surface area contributed by atoms with Gasteiger partial charge in [0.25, 0.3) is 10.0 Å². The highest BCUT2D eigenvalue weighted by Gasteiger charge is 2.27. The van der Waals surface area contributed by atoms with E-state index in [1.54, 1.807) is 7.05 Å². The maximum absolute atomic E-state index is 12.3. The van der Waals surface area contributed by atoms with Crippen LogP contribution in [0.4, 0.5) is 0 Å².